The van der Waals surface area contributed by atoms with Gasteiger partial charge in [0.25, 0.3) is 0 Å². The summed E-state index contributed by atoms with van der Waals surface area (Å²) in [6.07, 6.45) is 6.86. The number of aliphatic hydroxyl groups is 1. The molecule has 2 atom stereocenters. The van der Waals surface area contributed by atoms with Crippen molar-refractivity contribution < 1.29 is 18.7 Å². The van der Waals surface area contributed by atoms with Gasteiger partial charge in [0, 0.05) is 23.0 Å². The zero-order chi connectivity index (χ0) is 25.4. The molecular formula is C24H28ClF2N7O2. The van der Waals surface area contributed by atoms with Crippen LogP contribution < -0.4 is 16.4 Å². The number of fused-ring (bicyclic) bond motifs is 1. The van der Waals surface area contributed by atoms with Crippen molar-refractivity contribution in [3.05, 3.63) is 35.0 Å². The highest BCUT2D eigenvalue weighted by Crippen LogP contribution is 2.38. The van der Waals surface area contributed by atoms with E-state index in [1.54, 1.807) is 6.20 Å². The lowest BCUT2D eigenvalue weighted by atomic mass is 9.85. The second-order valence-electron chi connectivity index (χ2n) is 9.65. The molecule has 0 aliphatic heterocycles. The van der Waals surface area contributed by atoms with Gasteiger partial charge in [0.1, 0.15) is 11.2 Å². The van der Waals surface area contributed by atoms with Gasteiger partial charge >= 0.3 is 0 Å². The van der Waals surface area contributed by atoms with E-state index in [-0.39, 0.29) is 46.7 Å². The van der Waals surface area contributed by atoms with Crippen LogP contribution in [0.1, 0.15) is 57.4 Å². The van der Waals surface area contributed by atoms with Gasteiger partial charge in [-0.15, -0.1) is 0 Å². The number of aromatic nitrogens is 4. The van der Waals surface area contributed by atoms with Crippen molar-refractivity contribution in [3.8, 4) is 0 Å². The summed E-state index contributed by atoms with van der Waals surface area (Å²) in [5.74, 6) is -1.61. The molecule has 1 amide bonds. The van der Waals surface area contributed by atoms with Gasteiger partial charge in [-0.25, -0.2) is 18.7 Å². The molecule has 1 aromatic carbocycles. The number of hydrogen-bond donors (Lipinski definition) is 4. The molecule has 192 valence electrons. The molecule has 0 bridgehead atoms. The normalized spacial score (nSPS) is 24.6. The molecule has 2 heterocycles. The predicted octanol–water partition coefficient (Wildman–Crippen LogP) is 4.43. The molecule has 0 saturated heterocycles. The number of nitrogens with one attached hydrogen (secondary N) is 2. The van der Waals surface area contributed by atoms with Gasteiger partial charge in [-0.3, -0.25) is 9.36 Å². The Bertz CT molecular complexity index is 1260. The van der Waals surface area contributed by atoms with Gasteiger partial charge in [0.15, 0.2) is 17.3 Å². The largest absolute Gasteiger partial charge is 0.393 e. The Morgan fingerprint density at radius 1 is 1.11 bits per heavy atom. The molecule has 12 heteroatoms. The first-order valence-electron chi connectivity index (χ1n) is 12.2. The Labute approximate surface area is 211 Å². The summed E-state index contributed by atoms with van der Waals surface area (Å²) < 4.78 is 31.0. The fourth-order valence-electron chi connectivity index (χ4n) is 5.26. The smallest absolute Gasteiger partial charge is 0.224 e. The molecule has 0 unspecified atom stereocenters. The summed E-state index contributed by atoms with van der Waals surface area (Å²) in [6.45, 7) is 0. The van der Waals surface area contributed by atoms with Crippen LogP contribution in [0.15, 0.2) is 18.3 Å². The van der Waals surface area contributed by atoms with Gasteiger partial charge < -0.3 is 21.5 Å². The van der Waals surface area contributed by atoms with Crippen molar-refractivity contribution in [2.45, 2.75) is 69.6 Å². The third-order valence-electron chi connectivity index (χ3n) is 7.12. The molecule has 2 aromatic heterocycles. The molecule has 2 aliphatic carbocycles. The lowest BCUT2D eigenvalue weighted by Gasteiger charge is -2.29. The summed E-state index contributed by atoms with van der Waals surface area (Å²) >= 11 is 5.78. The van der Waals surface area contributed by atoms with E-state index in [9.17, 15) is 18.7 Å². The Balaban J connectivity index is 1.51. The number of nitrogens with two attached hydrogens (primary N) is 1. The standard InChI is InChI=1S/C24H28ClF2N7O2/c25-13-8-17(26)20(18(27)9-13)32-24-31-19-11-29-23(30-14-2-1-3-16(35)10-14)33-22(19)34(24)15-6-4-12(5-7-15)21(28)36/h8-9,11-12,14-16,35H,1-7,10H2,(H2,28,36)(H,31,32)(H,29,30,33)/t12-,14-,15-,16+/m1/s1. The Morgan fingerprint density at radius 2 is 1.83 bits per heavy atom. The Kier molecular flexibility index (Phi) is 6.94. The summed E-state index contributed by atoms with van der Waals surface area (Å²) in [4.78, 5) is 25.3. The molecule has 2 fully saturated rings. The summed E-state index contributed by atoms with van der Waals surface area (Å²) in [6, 6.07) is 1.98. The van der Waals surface area contributed by atoms with Crippen molar-refractivity contribution in [1.82, 2.24) is 19.5 Å². The zero-order valence-corrected chi connectivity index (χ0v) is 20.3. The van der Waals surface area contributed by atoms with Crippen LogP contribution in [0.3, 0.4) is 0 Å². The monoisotopic (exact) mass is 519 g/mol. The summed E-state index contributed by atoms with van der Waals surface area (Å²) in [7, 11) is 0. The zero-order valence-electron chi connectivity index (χ0n) is 19.6. The molecule has 36 heavy (non-hydrogen) atoms. The summed E-state index contributed by atoms with van der Waals surface area (Å²) in [5, 5.41) is 16.0. The minimum atomic E-state index is -0.847. The van der Waals surface area contributed by atoms with Crippen LogP contribution >= 0.6 is 11.6 Å². The number of hydrogen-bond acceptors (Lipinski definition) is 7. The number of amides is 1. The molecule has 5 N–H and O–H groups in total. The fraction of sp³-hybridized carbons (Fsp3) is 0.500. The van der Waals surface area contributed by atoms with Crippen LogP contribution in [-0.2, 0) is 4.79 Å². The maximum atomic E-state index is 14.6. The van der Waals surface area contributed by atoms with Gasteiger partial charge in [-0.05, 0) is 63.5 Å². The first-order valence-corrected chi connectivity index (χ1v) is 12.6. The Morgan fingerprint density at radius 3 is 2.50 bits per heavy atom. The van der Waals surface area contributed by atoms with Crippen LogP contribution in [0.2, 0.25) is 5.02 Å². The van der Waals surface area contributed by atoms with Gasteiger partial charge in [0.2, 0.25) is 17.8 Å². The second-order valence-corrected chi connectivity index (χ2v) is 10.1. The molecular weight excluding hydrogens is 492 g/mol. The van der Waals surface area contributed by atoms with Crippen LogP contribution in [0.5, 0.6) is 0 Å². The highest BCUT2D eigenvalue weighted by molar-refractivity contribution is 6.30. The fourth-order valence-corrected chi connectivity index (χ4v) is 5.46. The molecule has 0 spiro atoms. The van der Waals surface area contributed by atoms with Crippen LogP contribution in [0, 0.1) is 17.6 Å². The molecule has 0 radical (unpaired) electrons. The summed E-state index contributed by atoms with van der Waals surface area (Å²) in [5.41, 5.74) is 6.10. The van der Waals surface area contributed by atoms with E-state index in [1.165, 1.54) is 0 Å². The van der Waals surface area contributed by atoms with Crippen molar-refractivity contribution >= 4 is 46.3 Å². The number of rotatable bonds is 6. The van der Waals surface area contributed by atoms with E-state index >= 15 is 0 Å². The van der Waals surface area contributed by atoms with Crippen LogP contribution in [0.25, 0.3) is 11.2 Å². The predicted molar refractivity (Wildman–Crippen MR) is 132 cm³/mol. The van der Waals surface area contributed by atoms with Crippen molar-refractivity contribution in [2.24, 2.45) is 11.7 Å². The van der Waals surface area contributed by atoms with Gasteiger partial charge in [-0.2, -0.15) is 4.98 Å². The maximum Gasteiger partial charge on any atom is 0.224 e. The van der Waals surface area contributed by atoms with E-state index in [0.717, 1.165) is 31.4 Å². The highest BCUT2D eigenvalue weighted by Gasteiger charge is 2.30. The molecule has 3 aromatic rings. The third kappa shape index (κ3) is 5.08. The van der Waals surface area contributed by atoms with Crippen LogP contribution in [-0.4, -0.2) is 42.7 Å². The van der Waals surface area contributed by atoms with Gasteiger partial charge in [-0.1, -0.05) is 11.6 Å². The number of aliphatic hydroxyl groups excluding tert-OH is 1. The minimum Gasteiger partial charge on any atom is -0.393 e. The number of benzene rings is 1. The molecule has 9 nitrogen and oxygen atoms in total. The topological polar surface area (TPSA) is 131 Å². The molecule has 2 aliphatic rings. The second kappa shape index (κ2) is 10.1. The van der Waals surface area contributed by atoms with Crippen molar-refractivity contribution in [2.75, 3.05) is 10.6 Å². The Hall–Kier alpha value is -3.05. The van der Waals surface area contributed by atoms with Crippen molar-refractivity contribution in [1.29, 1.82) is 0 Å². The molecule has 5 rings (SSSR count). The quantitative estimate of drug-likeness (QED) is 0.379. The first kappa shape index (κ1) is 24.6. The number of carbonyl (C=O) groups is 1. The average Bonchev–Trinajstić information content (AvgIpc) is 3.18. The van der Waals surface area contributed by atoms with E-state index in [1.807, 2.05) is 4.57 Å². The average molecular weight is 520 g/mol. The number of primary amides is 1. The van der Waals surface area contributed by atoms with E-state index in [4.69, 9.17) is 22.3 Å². The number of carbonyl (C=O) groups excluding carboxylic acids is 1. The maximum absolute atomic E-state index is 14.6. The SMILES string of the molecule is NC(=O)[C@H]1CC[C@H](n2c(Nc3c(F)cc(Cl)cc3F)nc3cnc(N[C@@H]4CCC[C@H](O)C4)nc32)CC1. The van der Waals surface area contributed by atoms with E-state index in [0.29, 0.717) is 49.2 Å². The number of halogens is 3. The number of nitrogens with zero attached hydrogens (tertiary/aromatic N) is 4. The number of imidazole rings is 1. The lowest BCUT2D eigenvalue weighted by molar-refractivity contribution is -0.122. The highest BCUT2D eigenvalue weighted by atomic mass is 35.5. The van der Waals surface area contributed by atoms with E-state index < -0.39 is 11.6 Å². The van der Waals surface area contributed by atoms with Crippen LogP contribution in [0.4, 0.5) is 26.4 Å². The lowest BCUT2D eigenvalue weighted by Crippen LogP contribution is -2.30. The number of anilines is 3. The molecule has 2 saturated carbocycles. The van der Waals surface area contributed by atoms with Gasteiger partial charge in [0.05, 0.1) is 12.3 Å². The van der Waals surface area contributed by atoms with Crippen molar-refractivity contribution in [3.63, 3.8) is 0 Å². The minimum absolute atomic E-state index is 0.0448. The first-order chi connectivity index (χ1) is 17.3. The third-order valence-corrected chi connectivity index (χ3v) is 7.34. The van der Waals surface area contributed by atoms with E-state index in [2.05, 4.69) is 20.6 Å².